The van der Waals surface area contributed by atoms with Crippen LogP contribution in [0, 0.1) is 17.1 Å². The van der Waals surface area contributed by atoms with Gasteiger partial charge < -0.3 is 4.74 Å². The van der Waals surface area contributed by atoms with Crippen molar-refractivity contribution in [2.75, 3.05) is 12.4 Å². The lowest BCUT2D eigenvalue weighted by Gasteiger charge is -2.05. The molecule has 1 aromatic rings. The van der Waals surface area contributed by atoms with Gasteiger partial charge in [0, 0.05) is 6.07 Å². The highest BCUT2D eigenvalue weighted by Gasteiger charge is 2.16. The first kappa shape index (κ1) is 11.7. The molecule has 0 unspecified atom stereocenters. The van der Waals surface area contributed by atoms with Crippen LogP contribution in [0.5, 0.6) is 5.75 Å². The minimum absolute atomic E-state index is 0.00194. The van der Waals surface area contributed by atoms with E-state index in [4.69, 9.17) is 10.00 Å². The zero-order valence-corrected chi connectivity index (χ0v) is 9.47. The summed E-state index contributed by atoms with van der Waals surface area (Å²) in [4.78, 5) is 11.3. The molecule has 0 aromatic heterocycles. The van der Waals surface area contributed by atoms with Gasteiger partial charge in [-0.1, -0.05) is 15.9 Å². The second kappa shape index (κ2) is 4.89. The Morgan fingerprint density at radius 1 is 1.67 bits per heavy atom. The normalized spacial score (nSPS) is 9.47. The number of halogens is 2. The number of nitriles is 1. The number of carbonyl (C=O) groups excluding carboxylic acids is 1. The summed E-state index contributed by atoms with van der Waals surface area (Å²) in [5, 5.41) is 8.65. The number of carbonyl (C=O) groups is 1. The van der Waals surface area contributed by atoms with Crippen LogP contribution in [0.4, 0.5) is 4.39 Å². The lowest BCUT2D eigenvalue weighted by molar-refractivity contribution is 0.101. The van der Waals surface area contributed by atoms with Gasteiger partial charge in [0.25, 0.3) is 0 Å². The molecule has 0 saturated carbocycles. The minimum Gasteiger partial charge on any atom is -0.497 e. The second-order valence-corrected chi connectivity index (χ2v) is 3.27. The van der Waals surface area contributed by atoms with Gasteiger partial charge in [-0.3, -0.25) is 4.79 Å². The number of methoxy groups -OCH3 is 1. The van der Waals surface area contributed by atoms with Gasteiger partial charge in [0.1, 0.15) is 11.8 Å². The van der Waals surface area contributed by atoms with E-state index in [0.29, 0.717) is 0 Å². The number of alkyl halides is 1. The summed E-state index contributed by atoms with van der Waals surface area (Å²) in [6.07, 6.45) is 0. The maximum atomic E-state index is 13.5. The molecule has 0 radical (unpaired) electrons. The molecule has 1 aromatic carbocycles. The average molecular weight is 272 g/mol. The summed E-state index contributed by atoms with van der Waals surface area (Å²) in [5.74, 6) is -0.942. The van der Waals surface area contributed by atoms with Gasteiger partial charge >= 0.3 is 0 Å². The summed E-state index contributed by atoms with van der Waals surface area (Å²) in [5.41, 5.74) is -0.332. The van der Waals surface area contributed by atoms with Gasteiger partial charge in [-0.05, 0) is 6.07 Å². The molecule has 0 bridgehead atoms. The van der Waals surface area contributed by atoms with Crippen molar-refractivity contribution in [1.29, 1.82) is 5.26 Å². The molecule has 5 heteroatoms. The third-order valence-electron chi connectivity index (χ3n) is 1.82. The maximum Gasteiger partial charge on any atom is 0.176 e. The summed E-state index contributed by atoms with van der Waals surface area (Å²) in [7, 11) is 1.39. The molecule has 0 aliphatic carbocycles. The molecule has 0 spiro atoms. The molecule has 0 N–H and O–H groups in total. The fourth-order valence-electron chi connectivity index (χ4n) is 1.07. The highest BCUT2D eigenvalue weighted by atomic mass is 79.9. The third-order valence-corrected chi connectivity index (χ3v) is 2.33. The van der Waals surface area contributed by atoms with Crippen molar-refractivity contribution < 1.29 is 13.9 Å². The Balaban J connectivity index is 3.38. The van der Waals surface area contributed by atoms with Crippen LogP contribution >= 0.6 is 15.9 Å². The summed E-state index contributed by atoms with van der Waals surface area (Å²) >= 11 is 2.94. The van der Waals surface area contributed by atoms with Gasteiger partial charge in [0.05, 0.1) is 23.6 Å². The topological polar surface area (TPSA) is 50.1 Å². The van der Waals surface area contributed by atoms with E-state index in [-0.39, 0.29) is 22.2 Å². The number of ketones is 1. The summed E-state index contributed by atoms with van der Waals surface area (Å²) in [6.45, 7) is 0. The molecule has 0 fully saturated rings. The minimum atomic E-state index is -0.803. The van der Waals surface area contributed by atoms with E-state index in [1.165, 1.54) is 19.2 Å². The molecule has 0 saturated heterocycles. The molecular formula is C10H7BrFNO2. The molecule has 0 aliphatic heterocycles. The Bertz CT molecular complexity index is 440. The quantitative estimate of drug-likeness (QED) is 0.626. The van der Waals surface area contributed by atoms with E-state index in [1.54, 1.807) is 6.07 Å². The number of nitrogens with zero attached hydrogens (tertiary/aromatic N) is 1. The lowest BCUT2D eigenvalue weighted by Crippen LogP contribution is -2.05. The van der Waals surface area contributed by atoms with Gasteiger partial charge in [0.2, 0.25) is 0 Å². The first-order valence-corrected chi connectivity index (χ1v) is 5.13. The molecule has 1 rings (SSSR count). The van der Waals surface area contributed by atoms with Crippen molar-refractivity contribution in [2.45, 2.75) is 0 Å². The monoisotopic (exact) mass is 271 g/mol. The van der Waals surface area contributed by atoms with Crippen molar-refractivity contribution in [3.05, 3.63) is 29.1 Å². The number of Topliss-reactive ketones (excluding diaryl/α,β-unsaturated/α-hetero) is 1. The number of hydrogen-bond donors (Lipinski definition) is 0. The smallest absolute Gasteiger partial charge is 0.176 e. The van der Waals surface area contributed by atoms with Crippen LogP contribution in [0.1, 0.15) is 15.9 Å². The van der Waals surface area contributed by atoms with Crippen molar-refractivity contribution in [1.82, 2.24) is 0 Å². The van der Waals surface area contributed by atoms with Crippen LogP contribution in [0.15, 0.2) is 12.1 Å². The summed E-state index contributed by atoms with van der Waals surface area (Å²) < 4.78 is 18.4. The largest absolute Gasteiger partial charge is 0.497 e. The van der Waals surface area contributed by atoms with E-state index in [2.05, 4.69) is 15.9 Å². The van der Waals surface area contributed by atoms with Crippen LogP contribution in [0.25, 0.3) is 0 Å². The predicted octanol–water partition coefficient (Wildman–Crippen LogP) is 2.28. The number of benzene rings is 1. The standard InChI is InChI=1S/C10H7BrFNO2/c1-15-7-2-6(5-13)10(12)8(3-7)9(14)4-11/h2-3H,4H2,1H3. The molecule has 78 valence electrons. The van der Waals surface area contributed by atoms with E-state index in [0.717, 1.165) is 0 Å². The Morgan fingerprint density at radius 2 is 2.33 bits per heavy atom. The van der Waals surface area contributed by atoms with Crippen LogP contribution in [0.3, 0.4) is 0 Å². The van der Waals surface area contributed by atoms with E-state index in [1.807, 2.05) is 0 Å². The lowest BCUT2D eigenvalue weighted by atomic mass is 10.1. The van der Waals surface area contributed by atoms with Crippen molar-refractivity contribution >= 4 is 21.7 Å². The first-order chi connectivity index (χ1) is 7.13. The fraction of sp³-hybridized carbons (Fsp3) is 0.200. The van der Waals surface area contributed by atoms with Crippen LogP contribution in [0.2, 0.25) is 0 Å². The Hall–Kier alpha value is -1.41. The zero-order valence-electron chi connectivity index (χ0n) is 7.88. The first-order valence-electron chi connectivity index (χ1n) is 4.00. The van der Waals surface area contributed by atoms with Crippen LogP contribution in [-0.2, 0) is 0 Å². The van der Waals surface area contributed by atoms with Gasteiger partial charge in [-0.25, -0.2) is 4.39 Å². The van der Waals surface area contributed by atoms with Crippen molar-refractivity contribution in [2.24, 2.45) is 0 Å². The van der Waals surface area contributed by atoms with E-state index >= 15 is 0 Å². The number of rotatable bonds is 3. The van der Waals surface area contributed by atoms with Gasteiger partial charge in [0.15, 0.2) is 11.6 Å². The highest BCUT2D eigenvalue weighted by Crippen LogP contribution is 2.21. The second-order valence-electron chi connectivity index (χ2n) is 2.71. The molecular weight excluding hydrogens is 265 g/mol. The van der Waals surface area contributed by atoms with Crippen molar-refractivity contribution in [3.63, 3.8) is 0 Å². The van der Waals surface area contributed by atoms with Gasteiger partial charge in [-0.2, -0.15) is 5.26 Å². The Labute approximate surface area is 94.6 Å². The van der Waals surface area contributed by atoms with Crippen LogP contribution < -0.4 is 4.74 Å². The van der Waals surface area contributed by atoms with Gasteiger partial charge in [-0.15, -0.1) is 0 Å². The average Bonchev–Trinajstić information content (AvgIpc) is 2.28. The molecule has 15 heavy (non-hydrogen) atoms. The van der Waals surface area contributed by atoms with E-state index < -0.39 is 11.6 Å². The number of hydrogen-bond acceptors (Lipinski definition) is 3. The molecule has 0 aliphatic rings. The van der Waals surface area contributed by atoms with Crippen molar-refractivity contribution in [3.8, 4) is 11.8 Å². The van der Waals surface area contributed by atoms with Crippen LogP contribution in [-0.4, -0.2) is 18.2 Å². The van der Waals surface area contributed by atoms with E-state index in [9.17, 15) is 9.18 Å². The molecule has 0 amide bonds. The summed E-state index contributed by atoms with van der Waals surface area (Å²) in [6, 6.07) is 4.19. The molecule has 0 atom stereocenters. The Morgan fingerprint density at radius 3 is 2.80 bits per heavy atom. The number of ether oxygens (including phenoxy) is 1. The SMILES string of the molecule is COc1cc(C#N)c(F)c(C(=O)CBr)c1. The maximum absolute atomic E-state index is 13.5. The third kappa shape index (κ3) is 2.34. The Kier molecular flexibility index (Phi) is 3.81. The fourth-order valence-corrected chi connectivity index (χ4v) is 1.37. The zero-order chi connectivity index (χ0) is 11.4. The highest BCUT2D eigenvalue weighted by molar-refractivity contribution is 9.09. The molecule has 0 heterocycles. The predicted molar refractivity (Wildman–Crippen MR) is 55.8 cm³/mol. The molecule has 3 nitrogen and oxygen atoms in total.